The zero-order valence-corrected chi connectivity index (χ0v) is 12.5. The first-order chi connectivity index (χ1) is 11.4. The van der Waals surface area contributed by atoms with Gasteiger partial charge in [0.1, 0.15) is 0 Å². The van der Waals surface area contributed by atoms with Gasteiger partial charge in [-0.25, -0.2) is 4.98 Å². The third-order valence-electron chi connectivity index (χ3n) is 3.93. The van der Waals surface area contributed by atoms with Gasteiger partial charge in [-0.2, -0.15) is 0 Å². The van der Waals surface area contributed by atoms with Crippen molar-refractivity contribution in [1.82, 2.24) is 4.98 Å². The van der Waals surface area contributed by atoms with Crippen LogP contribution >= 0.6 is 0 Å². The summed E-state index contributed by atoms with van der Waals surface area (Å²) >= 11 is 0. The van der Waals surface area contributed by atoms with Crippen LogP contribution in [0.15, 0.2) is 95.9 Å². The Bertz CT molecular complexity index is 894. The van der Waals surface area contributed by atoms with Crippen molar-refractivity contribution in [2.24, 2.45) is 0 Å². The van der Waals surface area contributed by atoms with Crippen molar-refractivity contribution in [1.29, 1.82) is 0 Å². The first kappa shape index (κ1) is 13.5. The molecular weight excluding hydrogens is 282 g/mol. The molecular formula is C21H15NO. The van der Waals surface area contributed by atoms with Crippen LogP contribution < -0.4 is 0 Å². The van der Waals surface area contributed by atoms with Gasteiger partial charge in [0.2, 0.25) is 0 Å². The van der Waals surface area contributed by atoms with Gasteiger partial charge in [-0.1, -0.05) is 78.9 Å². The summed E-state index contributed by atoms with van der Waals surface area (Å²) in [7, 11) is 0. The van der Waals surface area contributed by atoms with E-state index >= 15 is 0 Å². The fraction of sp³-hybridized carbons (Fsp3) is 0. The molecule has 23 heavy (non-hydrogen) atoms. The molecule has 0 spiro atoms. The van der Waals surface area contributed by atoms with Gasteiger partial charge in [-0.3, -0.25) is 0 Å². The first-order valence-electron chi connectivity index (χ1n) is 7.55. The van der Waals surface area contributed by atoms with Gasteiger partial charge in [0.05, 0.1) is 6.20 Å². The van der Waals surface area contributed by atoms with E-state index in [0.717, 1.165) is 22.5 Å². The predicted octanol–water partition coefficient (Wildman–Crippen LogP) is 5.68. The Morgan fingerprint density at radius 3 is 1.87 bits per heavy atom. The summed E-state index contributed by atoms with van der Waals surface area (Å²) in [6.07, 6.45) is 3.21. The molecule has 0 saturated heterocycles. The predicted molar refractivity (Wildman–Crippen MR) is 92.8 cm³/mol. The first-order valence-corrected chi connectivity index (χ1v) is 7.55. The van der Waals surface area contributed by atoms with Crippen LogP contribution in [-0.4, -0.2) is 4.98 Å². The molecule has 2 nitrogen and oxygen atoms in total. The molecule has 0 fully saturated rings. The van der Waals surface area contributed by atoms with Gasteiger partial charge in [-0.15, -0.1) is 0 Å². The van der Waals surface area contributed by atoms with Crippen LogP contribution in [0.25, 0.3) is 33.6 Å². The van der Waals surface area contributed by atoms with Crippen molar-refractivity contribution in [2.75, 3.05) is 0 Å². The van der Waals surface area contributed by atoms with Crippen LogP contribution in [0.2, 0.25) is 0 Å². The molecule has 3 aromatic carbocycles. The summed E-state index contributed by atoms with van der Waals surface area (Å²) in [5.74, 6) is 0.785. The minimum absolute atomic E-state index is 0.785. The van der Waals surface area contributed by atoms with E-state index in [-0.39, 0.29) is 0 Å². The zero-order valence-electron chi connectivity index (χ0n) is 12.5. The molecule has 0 unspecified atom stereocenters. The molecule has 4 rings (SSSR count). The van der Waals surface area contributed by atoms with Crippen LogP contribution in [0.3, 0.4) is 0 Å². The van der Waals surface area contributed by atoms with E-state index in [1.54, 1.807) is 6.20 Å². The summed E-state index contributed by atoms with van der Waals surface area (Å²) in [5.41, 5.74) is 5.80. The second kappa shape index (κ2) is 5.93. The molecule has 0 aliphatic carbocycles. The van der Waals surface area contributed by atoms with E-state index in [2.05, 4.69) is 65.6 Å². The Morgan fingerprint density at radius 1 is 0.565 bits per heavy atom. The van der Waals surface area contributed by atoms with Crippen LogP contribution in [0.1, 0.15) is 0 Å². The summed E-state index contributed by atoms with van der Waals surface area (Å²) in [4.78, 5) is 4.02. The average molecular weight is 297 g/mol. The molecule has 0 saturated carbocycles. The molecule has 1 heterocycles. The molecule has 0 N–H and O–H groups in total. The normalized spacial score (nSPS) is 10.6. The Labute approximate surface area is 135 Å². The monoisotopic (exact) mass is 297 g/mol. The van der Waals surface area contributed by atoms with Crippen molar-refractivity contribution >= 4 is 0 Å². The van der Waals surface area contributed by atoms with Gasteiger partial charge in [0.25, 0.3) is 0 Å². The van der Waals surface area contributed by atoms with Crippen LogP contribution in [0, 0.1) is 0 Å². The molecule has 1 aromatic heterocycles. The van der Waals surface area contributed by atoms with E-state index in [1.807, 2.05) is 18.2 Å². The van der Waals surface area contributed by atoms with Crippen molar-refractivity contribution in [3.63, 3.8) is 0 Å². The Hall–Kier alpha value is -3.13. The molecule has 0 bridgehead atoms. The minimum atomic E-state index is 0.785. The molecule has 0 aliphatic heterocycles. The van der Waals surface area contributed by atoms with Crippen LogP contribution in [-0.2, 0) is 0 Å². The highest BCUT2D eigenvalue weighted by molar-refractivity contribution is 5.82. The van der Waals surface area contributed by atoms with E-state index in [9.17, 15) is 0 Å². The fourth-order valence-corrected chi connectivity index (χ4v) is 2.77. The molecule has 110 valence electrons. The van der Waals surface area contributed by atoms with Gasteiger partial charge >= 0.3 is 0 Å². The topological polar surface area (TPSA) is 26.0 Å². The SMILES string of the molecule is c1ccc(-c2ccc(-c3ccccc3-c3cnco3)cc2)cc1. The quantitative estimate of drug-likeness (QED) is 0.486. The largest absolute Gasteiger partial charge is 0.443 e. The van der Waals surface area contributed by atoms with Crippen LogP contribution in [0.4, 0.5) is 0 Å². The lowest BCUT2D eigenvalue weighted by atomic mass is 9.96. The number of aromatic nitrogens is 1. The summed E-state index contributed by atoms with van der Waals surface area (Å²) in [5, 5.41) is 0. The average Bonchev–Trinajstić information content (AvgIpc) is 3.17. The van der Waals surface area contributed by atoms with Gasteiger partial charge in [0, 0.05) is 5.56 Å². The highest BCUT2D eigenvalue weighted by Crippen LogP contribution is 2.32. The number of benzene rings is 3. The maximum Gasteiger partial charge on any atom is 0.181 e. The standard InChI is InChI=1S/C21H15NO/c1-2-6-16(7-3-1)17-10-12-18(13-11-17)19-8-4-5-9-20(19)21-14-22-15-23-21/h1-15H. The molecule has 2 heteroatoms. The van der Waals surface area contributed by atoms with Gasteiger partial charge in [-0.05, 0) is 22.3 Å². The Morgan fingerprint density at radius 2 is 1.17 bits per heavy atom. The molecule has 0 aliphatic rings. The lowest BCUT2D eigenvalue weighted by molar-refractivity contribution is 0.572. The van der Waals surface area contributed by atoms with E-state index in [1.165, 1.54) is 17.5 Å². The number of hydrogen-bond acceptors (Lipinski definition) is 2. The lowest BCUT2D eigenvalue weighted by Gasteiger charge is -2.08. The van der Waals surface area contributed by atoms with E-state index in [4.69, 9.17) is 4.42 Å². The second-order valence-electron chi connectivity index (χ2n) is 5.35. The third-order valence-corrected chi connectivity index (χ3v) is 3.93. The smallest absolute Gasteiger partial charge is 0.181 e. The summed E-state index contributed by atoms with van der Waals surface area (Å²) in [6, 6.07) is 27.2. The van der Waals surface area contributed by atoms with Crippen LogP contribution in [0.5, 0.6) is 0 Å². The number of oxazole rings is 1. The summed E-state index contributed by atoms with van der Waals surface area (Å²) < 4.78 is 5.46. The fourth-order valence-electron chi connectivity index (χ4n) is 2.77. The Balaban J connectivity index is 1.75. The molecule has 4 aromatic rings. The van der Waals surface area contributed by atoms with Crippen molar-refractivity contribution in [3.05, 3.63) is 91.5 Å². The highest BCUT2D eigenvalue weighted by Gasteiger charge is 2.09. The maximum absolute atomic E-state index is 5.46. The van der Waals surface area contributed by atoms with E-state index < -0.39 is 0 Å². The zero-order chi connectivity index (χ0) is 15.5. The van der Waals surface area contributed by atoms with Crippen molar-refractivity contribution in [3.8, 4) is 33.6 Å². The second-order valence-corrected chi connectivity index (χ2v) is 5.35. The van der Waals surface area contributed by atoms with Gasteiger partial charge < -0.3 is 4.42 Å². The lowest BCUT2D eigenvalue weighted by Crippen LogP contribution is -1.84. The highest BCUT2D eigenvalue weighted by atomic mass is 16.3. The molecule has 0 atom stereocenters. The number of hydrogen-bond donors (Lipinski definition) is 0. The maximum atomic E-state index is 5.46. The minimum Gasteiger partial charge on any atom is -0.443 e. The van der Waals surface area contributed by atoms with E-state index in [0.29, 0.717) is 0 Å². The number of rotatable bonds is 3. The Kier molecular flexibility index (Phi) is 3.49. The van der Waals surface area contributed by atoms with Crippen molar-refractivity contribution < 1.29 is 4.42 Å². The molecule has 0 amide bonds. The van der Waals surface area contributed by atoms with Crippen molar-refractivity contribution in [2.45, 2.75) is 0 Å². The molecule has 0 radical (unpaired) electrons. The van der Waals surface area contributed by atoms with Gasteiger partial charge in [0.15, 0.2) is 12.2 Å². The third kappa shape index (κ3) is 2.67. The summed E-state index contributed by atoms with van der Waals surface area (Å²) in [6.45, 7) is 0. The number of nitrogens with zero attached hydrogens (tertiary/aromatic N) is 1.